The van der Waals surface area contributed by atoms with E-state index in [9.17, 15) is 21.6 Å². The van der Waals surface area contributed by atoms with Gasteiger partial charge in [-0.15, -0.1) is 0 Å². The van der Waals surface area contributed by atoms with Crippen LogP contribution in [-0.4, -0.2) is 27.6 Å². The van der Waals surface area contributed by atoms with Crippen LogP contribution in [0.15, 0.2) is 18.2 Å². The first-order valence-electron chi connectivity index (χ1n) is 5.03. The smallest absolute Gasteiger partial charge is 0.497 e. The predicted molar refractivity (Wildman–Crippen MR) is 59.0 cm³/mol. The van der Waals surface area contributed by atoms with E-state index in [1.165, 1.54) is 19.2 Å². The van der Waals surface area contributed by atoms with Crippen molar-refractivity contribution in [1.29, 1.82) is 0 Å². The van der Waals surface area contributed by atoms with Gasteiger partial charge in [-0.2, -0.15) is 21.6 Å². The summed E-state index contributed by atoms with van der Waals surface area (Å²) in [7, 11) is -3.89. The van der Waals surface area contributed by atoms with E-state index in [-0.39, 0.29) is 18.7 Å². The molecule has 0 fully saturated rings. The van der Waals surface area contributed by atoms with Crippen LogP contribution < -0.4 is 9.04 Å². The fraction of sp³-hybridized carbons (Fsp3) is 0.400. The third kappa shape index (κ3) is 1.90. The number of fused-ring (bicyclic) bond motifs is 1. The molecule has 0 saturated carbocycles. The second kappa shape index (κ2) is 4.04. The maximum atomic E-state index is 12.5. The lowest BCUT2D eigenvalue weighted by atomic mass is 10.1. The standard InChI is InChI=1S/C10H10F3NO3S/c1-17-8-2-3-9-7(6-8)4-5-14(9)18(15,16)10(11,12)13/h2-3,6H,4-5H2,1H3. The normalized spacial score (nSPS) is 15.7. The number of sulfonamides is 1. The third-order valence-electron chi connectivity index (χ3n) is 2.72. The van der Waals surface area contributed by atoms with Crippen molar-refractivity contribution in [2.24, 2.45) is 0 Å². The van der Waals surface area contributed by atoms with Gasteiger partial charge >= 0.3 is 15.5 Å². The highest BCUT2D eigenvalue weighted by atomic mass is 32.2. The lowest BCUT2D eigenvalue weighted by Gasteiger charge is -2.20. The molecule has 4 nitrogen and oxygen atoms in total. The van der Waals surface area contributed by atoms with Crippen LogP contribution in [0.25, 0.3) is 0 Å². The maximum Gasteiger partial charge on any atom is 0.516 e. The minimum absolute atomic E-state index is 0.0631. The van der Waals surface area contributed by atoms with E-state index in [4.69, 9.17) is 4.74 Å². The molecule has 1 aromatic carbocycles. The third-order valence-corrected chi connectivity index (χ3v) is 4.27. The number of hydrogen-bond donors (Lipinski definition) is 0. The first-order chi connectivity index (χ1) is 8.27. The summed E-state index contributed by atoms with van der Waals surface area (Å²) in [5.41, 5.74) is -4.69. The molecule has 8 heteroatoms. The van der Waals surface area contributed by atoms with Crippen molar-refractivity contribution in [1.82, 2.24) is 0 Å². The van der Waals surface area contributed by atoms with Gasteiger partial charge in [-0.25, -0.2) is 0 Å². The summed E-state index contributed by atoms with van der Waals surface area (Å²) in [5, 5.41) is 0. The summed E-state index contributed by atoms with van der Waals surface area (Å²) < 4.78 is 65.4. The molecule has 0 atom stereocenters. The largest absolute Gasteiger partial charge is 0.516 e. The van der Waals surface area contributed by atoms with Crippen molar-refractivity contribution < 1.29 is 26.3 Å². The van der Waals surface area contributed by atoms with Gasteiger partial charge in [0, 0.05) is 6.54 Å². The Balaban J connectivity index is 2.45. The van der Waals surface area contributed by atoms with Crippen molar-refractivity contribution in [3.63, 3.8) is 0 Å². The highest BCUT2D eigenvalue weighted by Gasteiger charge is 2.51. The monoisotopic (exact) mass is 281 g/mol. The van der Waals surface area contributed by atoms with Crippen LogP contribution in [0.5, 0.6) is 5.75 Å². The van der Waals surface area contributed by atoms with Crippen molar-refractivity contribution >= 4 is 15.7 Å². The second-order valence-corrected chi connectivity index (χ2v) is 5.62. The fourth-order valence-corrected chi connectivity index (χ4v) is 2.87. The fourth-order valence-electron chi connectivity index (χ4n) is 1.85. The maximum absolute atomic E-state index is 12.5. The topological polar surface area (TPSA) is 46.6 Å². The lowest BCUT2D eigenvalue weighted by Crippen LogP contribution is -2.39. The SMILES string of the molecule is COc1ccc2c(c1)CCN2S(=O)(=O)C(F)(F)F. The predicted octanol–water partition coefficient (Wildman–Crippen LogP) is 1.91. The number of alkyl halides is 3. The van der Waals surface area contributed by atoms with E-state index in [1.54, 1.807) is 6.07 Å². The molecule has 0 aromatic heterocycles. The Kier molecular flexibility index (Phi) is 2.92. The summed E-state index contributed by atoms with van der Waals surface area (Å²) in [6.07, 6.45) is 0.238. The minimum Gasteiger partial charge on any atom is -0.497 e. The highest BCUT2D eigenvalue weighted by Crippen LogP contribution is 2.37. The van der Waals surface area contributed by atoms with Gasteiger partial charge in [0.15, 0.2) is 0 Å². The number of anilines is 1. The van der Waals surface area contributed by atoms with Crippen LogP contribution in [-0.2, 0) is 16.4 Å². The minimum atomic E-state index is -5.32. The van der Waals surface area contributed by atoms with Gasteiger partial charge in [0.25, 0.3) is 0 Å². The van der Waals surface area contributed by atoms with Crippen molar-refractivity contribution in [3.05, 3.63) is 23.8 Å². The number of methoxy groups -OCH3 is 1. The number of hydrogen-bond acceptors (Lipinski definition) is 3. The molecule has 0 unspecified atom stereocenters. The van der Waals surface area contributed by atoms with Crippen LogP contribution in [0.4, 0.5) is 18.9 Å². The Morgan fingerprint density at radius 3 is 2.56 bits per heavy atom. The molecule has 18 heavy (non-hydrogen) atoms. The highest BCUT2D eigenvalue weighted by molar-refractivity contribution is 7.93. The summed E-state index contributed by atoms with van der Waals surface area (Å²) in [5.74, 6) is 0.486. The van der Waals surface area contributed by atoms with Gasteiger partial charge in [0.1, 0.15) is 5.75 Å². The first-order valence-corrected chi connectivity index (χ1v) is 6.47. The molecule has 0 N–H and O–H groups in total. The number of nitrogens with zero attached hydrogens (tertiary/aromatic N) is 1. The van der Waals surface area contributed by atoms with Crippen LogP contribution in [0.3, 0.4) is 0 Å². The van der Waals surface area contributed by atoms with E-state index in [1.807, 2.05) is 0 Å². The van der Waals surface area contributed by atoms with E-state index < -0.39 is 15.5 Å². The second-order valence-electron chi connectivity index (χ2n) is 3.77. The van der Waals surface area contributed by atoms with Gasteiger partial charge in [0.2, 0.25) is 0 Å². The van der Waals surface area contributed by atoms with Crippen LogP contribution >= 0.6 is 0 Å². The van der Waals surface area contributed by atoms with Crippen molar-refractivity contribution in [2.45, 2.75) is 11.9 Å². The zero-order valence-corrected chi connectivity index (χ0v) is 10.2. The molecule has 1 aliphatic rings. The van der Waals surface area contributed by atoms with Crippen LogP contribution in [0, 0.1) is 0 Å². The Hall–Kier alpha value is -1.44. The quantitative estimate of drug-likeness (QED) is 0.832. The average Bonchev–Trinajstić information content (AvgIpc) is 2.70. The number of benzene rings is 1. The molecule has 0 amide bonds. The molecule has 2 rings (SSSR count). The lowest BCUT2D eigenvalue weighted by molar-refractivity contribution is -0.0437. The molecule has 1 heterocycles. The van der Waals surface area contributed by atoms with Gasteiger partial charge < -0.3 is 4.74 Å². The molecule has 0 aliphatic carbocycles. The Morgan fingerprint density at radius 1 is 1.33 bits per heavy atom. The van der Waals surface area contributed by atoms with Crippen LogP contribution in [0.1, 0.15) is 5.56 Å². The van der Waals surface area contributed by atoms with Gasteiger partial charge in [-0.05, 0) is 30.2 Å². The zero-order chi connectivity index (χ0) is 13.6. The van der Waals surface area contributed by atoms with Gasteiger partial charge in [-0.1, -0.05) is 0 Å². The zero-order valence-electron chi connectivity index (χ0n) is 9.36. The molecule has 1 aliphatic heterocycles. The van der Waals surface area contributed by atoms with E-state index in [0.717, 1.165) is 0 Å². The van der Waals surface area contributed by atoms with Crippen molar-refractivity contribution in [2.75, 3.05) is 18.0 Å². The van der Waals surface area contributed by atoms with Crippen LogP contribution in [0.2, 0.25) is 0 Å². The van der Waals surface area contributed by atoms with Gasteiger partial charge in [-0.3, -0.25) is 4.31 Å². The number of rotatable bonds is 2. The molecular weight excluding hydrogens is 271 g/mol. The molecule has 0 spiro atoms. The van der Waals surface area contributed by atoms with E-state index in [0.29, 0.717) is 15.6 Å². The Labute approximate surface area is 102 Å². The Bertz CT molecular complexity index is 568. The Morgan fingerprint density at radius 2 is 2.00 bits per heavy atom. The summed E-state index contributed by atoms with van der Waals surface area (Å²) >= 11 is 0. The molecule has 0 saturated heterocycles. The summed E-state index contributed by atoms with van der Waals surface area (Å²) in [4.78, 5) is 0. The first kappa shape index (κ1) is 13.0. The van der Waals surface area contributed by atoms with E-state index in [2.05, 4.69) is 0 Å². The number of ether oxygens (including phenoxy) is 1. The number of halogens is 3. The van der Waals surface area contributed by atoms with Gasteiger partial charge in [0.05, 0.1) is 12.8 Å². The molecule has 100 valence electrons. The average molecular weight is 281 g/mol. The summed E-state index contributed by atoms with van der Waals surface area (Å²) in [6, 6.07) is 4.30. The molecule has 0 radical (unpaired) electrons. The molecule has 0 bridgehead atoms. The van der Waals surface area contributed by atoms with Crippen molar-refractivity contribution in [3.8, 4) is 5.75 Å². The molecular formula is C10H10F3NO3S. The summed E-state index contributed by atoms with van der Waals surface area (Å²) in [6.45, 7) is -0.204. The molecule has 1 aromatic rings. The van der Waals surface area contributed by atoms with E-state index >= 15 is 0 Å².